The molecule has 1 aliphatic rings. The fourth-order valence-electron chi connectivity index (χ4n) is 1.53. The van der Waals surface area contributed by atoms with Gasteiger partial charge >= 0.3 is 5.97 Å². The molecule has 0 aromatic heterocycles. The molecule has 5 heteroatoms. The van der Waals surface area contributed by atoms with Gasteiger partial charge < -0.3 is 14.9 Å². The van der Waals surface area contributed by atoms with Crippen molar-refractivity contribution in [3.05, 3.63) is 0 Å². The zero-order valence-corrected chi connectivity index (χ0v) is 8.68. The maximum atomic E-state index is 11.2. The van der Waals surface area contributed by atoms with Crippen molar-refractivity contribution in [2.45, 2.75) is 50.9 Å². The van der Waals surface area contributed by atoms with Crippen molar-refractivity contribution in [2.75, 3.05) is 0 Å². The van der Waals surface area contributed by atoms with Crippen LogP contribution in [-0.2, 0) is 14.3 Å². The zero-order valence-electron chi connectivity index (χ0n) is 8.68. The number of Topliss-reactive ketones (excluding diaryl/α,β-unsaturated/α-hetero) is 1. The highest BCUT2D eigenvalue weighted by molar-refractivity contribution is 5.95. The number of ketones is 1. The van der Waals surface area contributed by atoms with E-state index in [9.17, 15) is 19.8 Å². The van der Waals surface area contributed by atoms with Crippen molar-refractivity contribution in [2.24, 2.45) is 0 Å². The van der Waals surface area contributed by atoms with Crippen LogP contribution >= 0.6 is 0 Å². The number of cyclic esters (lactones) is 1. The van der Waals surface area contributed by atoms with Gasteiger partial charge in [0, 0.05) is 6.42 Å². The maximum Gasteiger partial charge on any atom is 0.313 e. The van der Waals surface area contributed by atoms with Gasteiger partial charge in [-0.3, -0.25) is 9.59 Å². The van der Waals surface area contributed by atoms with E-state index in [2.05, 4.69) is 0 Å². The highest BCUT2D eigenvalue weighted by Gasteiger charge is 2.25. The molecule has 1 heterocycles. The van der Waals surface area contributed by atoms with Gasteiger partial charge in [0.1, 0.15) is 12.2 Å². The van der Waals surface area contributed by atoms with Crippen molar-refractivity contribution >= 4 is 11.8 Å². The molecule has 0 spiro atoms. The second-order valence-electron chi connectivity index (χ2n) is 3.93. The summed E-state index contributed by atoms with van der Waals surface area (Å²) in [7, 11) is 0. The molecule has 1 fully saturated rings. The van der Waals surface area contributed by atoms with E-state index in [1.807, 2.05) is 0 Å². The molecule has 0 saturated carbocycles. The number of aliphatic hydroxyl groups is 2. The molecular formula is C10H16O5. The summed E-state index contributed by atoms with van der Waals surface area (Å²) in [4.78, 5) is 22.3. The molecule has 0 aliphatic carbocycles. The van der Waals surface area contributed by atoms with Gasteiger partial charge in [-0.15, -0.1) is 0 Å². The van der Waals surface area contributed by atoms with Crippen LogP contribution in [0.2, 0.25) is 0 Å². The van der Waals surface area contributed by atoms with Crippen LogP contribution in [0, 0.1) is 0 Å². The normalized spacial score (nSPS) is 34.7. The van der Waals surface area contributed by atoms with Crippen LogP contribution in [0.4, 0.5) is 0 Å². The van der Waals surface area contributed by atoms with Crippen LogP contribution in [0.25, 0.3) is 0 Å². The Bertz CT molecular complexity index is 250. The number of rotatable bonds is 0. The average molecular weight is 216 g/mol. The van der Waals surface area contributed by atoms with E-state index >= 15 is 0 Å². The minimum Gasteiger partial charge on any atom is -0.462 e. The quantitative estimate of drug-likeness (QED) is 0.432. The molecule has 3 atom stereocenters. The van der Waals surface area contributed by atoms with Crippen molar-refractivity contribution in [1.82, 2.24) is 0 Å². The van der Waals surface area contributed by atoms with Gasteiger partial charge in [0.15, 0.2) is 0 Å². The first-order valence-electron chi connectivity index (χ1n) is 5.06. The van der Waals surface area contributed by atoms with Crippen molar-refractivity contribution in [3.8, 4) is 0 Å². The van der Waals surface area contributed by atoms with E-state index in [1.54, 1.807) is 6.92 Å². The Morgan fingerprint density at radius 3 is 2.53 bits per heavy atom. The van der Waals surface area contributed by atoms with Gasteiger partial charge in [0.2, 0.25) is 0 Å². The number of hydrogen-bond donors (Lipinski definition) is 2. The highest BCUT2D eigenvalue weighted by atomic mass is 16.5. The summed E-state index contributed by atoms with van der Waals surface area (Å²) in [5, 5.41) is 18.9. The SMILES string of the molecule is C[C@@H]1CC[C@H](O)[C@H](O)CC(=O)CC(=O)O1. The van der Waals surface area contributed by atoms with Gasteiger partial charge in [-0.25, -0.2) is 0 Å². The molecule has 5 nitrogen and oxygen atoms in total. The summed E-state index contributed by atoms with van der Waals surface area (Å²) in [6.07, 6.45) is -2.03. The van der Waals surface area contributed by atoms with Crippen LogP contribution in [0.15, 0.2) is 0 Å². The lowest BCUT2D eigenvalue weighted by Gasteiger charge is -2.21. The van der Waals surface area contributed by atoms with E-state index in [4.69, 9.17) is 4.74 Å². The van der Waals surface area contributed by atoms with Crippen molar-refractivity contribution in [1.29, 1.82) is 0 Å². The second-order valence-corrected chi connectivity index (χ2v) is 3.93. The lowest BCUT2D eigenvalue weighted by molar-refractivity contribution is -0.152. The van der Waals surface area contributed by atoms with Crippen LogP contribution in [0.3, 0.4) is 0 Å². The van der Waals surface area contributed by atoms with Gasteiger partial charge in [0.25, 0.3) is 0 Å². The summed E-state index contributed by atoms with van der Waals surface area (Å²) in [5.74, 6) is -0.961. The minimum absolute atomic E-state index is 0.190. The fourth-order valence-corrected chi connectivity index (χ4v) is 1.53. The summed E-state index contributed by atoms with van der Waals surface area (Å²) >= 11 is 0. The van der Waals surface area contributed by atoms with Crippen LogP contribution < -0.4 is 0 Å². The molecular weight excluding hydrogens is 200 g/mol. The molecule has 0 radical (unpaired) electrons. The maximum absolute atomic E-state index is 11.2. The van der Waals surface area contributed by atoms with Crippen molar-refractivity contribution < 1.29 is 24.5 Å². The zero-order chi connectivity index (χ0) is 11.4. The van der Waals surface area contributed by atoms with Gasteiger partial charge in [-0.2, -0.15) is 0 Å². The Kier molecular flexibility index (Phi) is 4.23. The van der Waals surface area contributed by atoms with E-state index in [1.165, 1.54) is 0 Å². The van der Waals surface area contributed by atoms with Crippen LogP contribution in [-0.4, -0.2) is 40.3 Å². The summed E-state index contributed by atoms with van der Waals surface area (Å²) in [6, 6.07) is 0. The molecule has 1 rings (SSSR count). The number of esters is 1. The molecule has 0 unspecified atom stereocenters. The Balaban J connectivity index is 2.63. The summed E-state index contributed by atoms with van der Waals surface area (Å²) < 4.78 is 4.93. The fraction of sp³-hybridized carbons (Fsp3) is 0.800. The van der Waals surface area contributed by atoms with E-state index in [-0.39, 0.29) is 18.9 Å². The first-order chi connectivity index (χ1) is 6.99. The minimum atomic E-state index is -1.07. The number of hydrogen-bond acceptors (Lipinski definition) is 5. The Morgan fingerprint density at radius 2 is 1.87 bits per heavy atom. The van der Waals surface area contributed by atoms with E-state index < -0.39 is 24.0 Å². The Morgan fingerprint density at radius 1 is 1.20 bits per heavy atom. The van der Waals surface area contributed by atoms with E-state index in [0.717, 1.165) is 0 Å². The molecule has 0 amide bonds. The smallest absolute Gasteiger partial charge is 0.313 e. The predicted octanol–water partition coefficient (Wildman–Crippen LogP) is -0.217. The van der Waals surface area contributed by atoms with Crippen molar-refractivity contribution in [3.63, 3.8) is 0 Å². The Hall–Kier alpha value is -0.940. The lowest BCUT2D eigenvalue weighted by Crippen LogP contribution is -2.32. The summed E-state index contributed by atoms with van der Waals surface area (Å²) in [6.45, 7) is 1.70. The number of ether oxygens (including phenoxy) is 1. The Labute approximate surface area is 88.0 Å². The third-order valence-corrected chi connectivity index (χ3v) is 2.42. The molecule has 0 aromatic carbocycles. The van der Waals surface area contributed by atoms with Crippen LogP contribution in [0.1, 0.15) is 32.6 Å². The molecule has 15 heavy (non-hydrogen) atoms. The predicted molar refractivity (Wildman–Crippen MR) is 51.0 cm³/mol. The van der Waals surface area contributed by atoms with Gasteiger partial charge in [0.05, 0.1) is 18.3 Å². The van der Waals surface area contributed by atoms with Gasteiger partial charge in [-0.1, -0.05) is 0 Å². The molecule has 0 aromatic rings. The molecule has 1 aliphatic heterocycles. The third kappa shape index (κ3) is 3.97. The monoisotopic (exact) mass is 216 g/mol. The average Bonchev–Trinajstić information content (AvgIpc) is 2.12. The first kappa shape index (κ1) is 12.1. The molecule has 2 N–H and O–H groups in total. The molecule has 86 valence electrons. The number of carbonyl (C=O) groups excluding carboxylic acids is 2. The third-order valence-electron chi connectivity index (χ3n) is 2.42. The summed E-state index contributed by atoms with van der Waals surface area (Å²) in [5.41, 5.74) is 0. The number of aliphatic hydroxyl groups excluding tert-OH is 2. The largest absolute Gasteiger partial charge is 0.462 e. The van der Waals surface area contributed by atoms with Crippen LogP contribution in [0.5, 0.6) is 0 Å². The molecule has 1 saturated heterocycles. The standard InChI is InChI=1S/C10H16O5/c1-6-2-3-8(12)9(13)4-7(11)5-10(14)15-6/h6,8-9,12-13H,2-5H2,1H3/t6-,8+,9-/m1/s1. The lowest BCUT2D eigenvalue weighted by atomic mass is 10.00. The highest BCUT2D eigenvalue weighted by Crippen LogP contribution is 2.14. The first-order valence-corrected chi connectivity index (χ1v) is 5.06. The van der Waals surface area contributed by atoms with E-state index in [0.29, 0.717) is 12.8 Å². The van der Waals surface area contributed by atoms with Gasteiger partial charge in [-0.05, 0) is 19.8 Å². The molecule has 0 bridgehead atoms. The topological polar surface area (TPSA) is 83.8 Å². The second kappa shape index (κ2) is 5.23. The number of carbonyl (C=O) groups is 2.